The third-order valence-corrected chi connectivity index (χ3v) is 4.49. The number of nitrogen functional groups attached to an aromatic ring is 1. The predicted octanol–water partition coefficient (Wildman–Crippen LogP) is -0.410. The number of H-pyrrole nitrogens is 1. The Kier molecular flexibility index (Phi) is 3.25. The summed E-state index contributed by atoms with van der Waals surface area (Å²) in [7, 11) is 0. The van der Waals surface area contributed by atoms with Gasteiger partial charge in [-0.3, -0.25) is 29.1 Å². The molecule has 4 aromatic rings. The molecule has 3 aromatic heterocycles. The molecule has 4 heterocycles. The summed E-state index contributed by atoms with van der Waals surface area (Å²) in [6.07, 6.45) is 0. The summed E-state index contributed by atoms with van der Waals surface area (Å²) in [4.78, 5) is 49.2. The Balaban J connectivity index is 1.87. The summed E-state index contributed by atoms with van der Waals surface area (Å²) in [5, 5.41) is 15.5. The number of fused-ring (bicyclic) bond motifs is 2. The molecule has 29 heavy (non-hydrogen) atoms. The number of tetrazole rings is 1. The van der Waals surface area contributed by atoms with Gasteiger partial charge in [-0.1, -0.05) is 6.07 Å². The summed E-state index contributed by atoms with van der Waals surface area (Å²) >= 11 is 0. The molecule has 0 bridgehead atoms. The van der Waals surface area contributed by atoms with E-state index in [0.29, 0.717) is 0 Å². The fraction of sp³-hybridized carbons (Fsp3) is 0. The standard InChI is InChI=1S/C17H9N7O5/c18-14-12-7(16(27)19-17(12)28)4-11(26)24(14)8-3-1-2-6-9(25)5-10(29-13(6)8)15-20-22-23-21-15/h1-5H,18H2,(H,19,27,28)(H,20,21,22,23). The quantitative estimate of drug-likeness (QED) is 0.383. The zero-order chi connectivity index (χ0) is 20.3. The van der Waals surface area contributed by atoms with Crippen LogP contribution in [0.1, 0.15) is 20.7 Å². The highest BCUT2D eigenvalue weighted by molar-refractivity contribution is 6.23. The number of hydrogen-bond donors (Lipinski definition) is 3. The number of rotatable bonds is 2. The summed E-state index contributed by atoms with van der Waals surface area (Å²) in [5.74, 6) is -1.62. The minimum atomic E-state index is -0.717. The van der Waals surface area contributed by atoms with Crippen LogP contribution in [0.15, 0.2) is 44.3 Å². The van der Waals surface area contributed by atoms with Gasteiger partial charge >= 0.3 is 0 Å². The largest absolute Gasteiger partial charge is 0.450 e. The number of aromatic nitrogens is 5. The van der Waals surface area contributed by atoms with Crippen LogP contribution in [0.3, 0.4) is 0 Å². The summed E-state index contributed by atoms with van der Waals surface area (Å²) < 4.78 is 6.78. The highest BCUT2D eigenvalue weighted by Gasteiger charge is 2.32. The van der Waals surface area contributed by atoms with Crippen LogP contribution >= 0.6 is 0 Å². The second kappa shape index (κ2) is 5.69. The molecule has 142 valence electrons. The number of nitrogens with one attached hydrogen (secondary N) is 2. The molecule has 1 aliphatic heterocycles. The molecule has 0 saturated carbocycles. The first-order chi connectivity index (χ1) is 14.0. The SMILES string of the molecule is Nc1c2c(cc(=O)n1-c1cccc3c(=O)cc(-c4nn[nH]n4)oc13)C(=O)NC2=O. The van der Waals surface area contributed by atoms with Crippen LogP contribution in [0.4, 0.5) is 5.82 Å². The van der Waals surface area contributed by atoms with Crippen LogP contribution in [-0.2, 0) is 0 Å². The molecular weight excluding hydrogens is 382 g/mol. The van der Waals surface area contributed by atoms with E-state index >= 15 is 0 Å². The van der Waals surface area contributed by atoms with Crippen LogP contribution in [0.25, 0.3) is 28.2 Å². The number of nitrogens with two attached hydrogens (primary N) is 1. The molecule has 4 N–H and O–H groups in total. The molecule has 0 spiro atoms. The van der Waals surface area contributed by atoms with Crippen molar-refractivity contribution in [3.8, 4) is 17.3 Å². The van der Waals surface area contributed by atoms with Gasteiger partial charge < -0.3 is 10.2 Å². The molecule has 12 nitrogen and oxygen atoms in total. The van der Waals surface area contributed by atoms with Gasteiger partial charge in [0.05, 0.1) is 22.2 Å². The Bertz CT molecular complexity index is 1470. The Morgan fingerprint density at radius 1 is 1.07 bits per heavy atom. The van der Waals surface area contributed by atoms with E-state index in [-0.39, 0.29) is 45.2 Å². The van der Waals surface area contributed by atoms with E-state index in [0.717, 1.165) is 10.6 Å². The minimum Gasteiger partial charge on any atom is -0.450 e. The van der Waals surface area contributed by atoms with Gasteiger partial charge in [0.2, 0.25) is 5.82 Å². The zero-order valence-electron chi connectivity index (χ0n) is 14.3. The third kappa shape index (κ3) is 2.29. The molecule has 0 unspecified atom stereocenters. The molecule has 0 aliphatic carbocycles. The molecule has 2 amide bonds. The van der Waals surface area contributed by atoms with Crippen molar-refractivity contribution in [2.24, 2.45) is 0 Å². The molecule has 0 radical (unpaired) electrons. The highest BCUT2D eigenvalue weighted by atomic mass is 16.3. The van der Waals surface area contributed by atoms with Gasteiger partial charge in [0.1, 0.15) is 5.82 Å². The van der Waals surface area contributed by atoms with Crippen molar-refractivity contribution in [3.63, 3.8) is 0 Å². The van der Waals surface area contributed by atoms with Gasteiger partial charge in [0.15, 0.2) is 16.8 Å². The van der Waals surface area contributed by atoms with E-state index in [1.165, 1.54) is 24.3 Å². The average molecular weight is 391 g/mol. The first-order valence-corrected chi connectivity index (χ1v) is 8.18. The van der Waals surface area contributed by atoms with E-state index in [1.54, 1.807) is 0 Å². The number of benzene rings is 1. The Labute approximate surface area is 158 Å². The van der Waals surface area contributed by atoms with Gasteiger partial charge in [0.25, 0.3) is 17.4 Å². The van der Waals surface area contributed by atoms with Crippen molar-refractivity contribution >= 4 is 28.6 Å². The maximum absolute atomic E-state index is 12.7. The molecule has 1 aliphatic rings. The van der Waals surface area contributed by atoms with Gasteiger partial charge in [-0.15, -0.1) is 10.2 Å². The van der Waals surface area contributed by atoms with Gasteiger partial charge in [0, 0.05) is 12.1 Å². The fourth-order valence-corrected chi connectivity index (χ4v) is 3.24. The van der Waals surface area contributed by atoms with Crippen molar-refractivity contribution in [2.45, 2.75) is 0 Å². The smallest absolute Gasteiger partial charge is 0.262 e. The number of para-hydroxylation sites is 1. The third-order valence-electron chi connectivity index (χ3n) is 4.49. The normalized spacial score (nSPS) is 13.0. The van der Waals surface area contributed by atoms with E-state index in [2.05, 4.69) is 25.9 Å². The molecule has 0 saturated heterocycles. The van der Waals surface area contributed by atoms with Crippen LogP contribution in [0, 0.1) is 0 Å². The maximum Gasteiger partial charge on any atom is 0.262 e. The zero-order valence-corrected chi connectivity index (χ0v) is 14.3. The van der Waals surface area contributed by atoms with Crippen molar-refractivity contribution in [3.05, 3.63) is 62.0 Å². The lowest BCUT2D eigenvalue weighted by molar-refractivity contribution is 0.0880. The van der Waals surface area contributed by atoms with Crippen molar-refractivity contribution in [1.82, 2.24) is 30.5 Å². The number of carbonyl (C=O) groups excluding carboxylic acids is 2. The number of hydrogen-bond acceptors (Lipinski definition) is 9. The number of aromatic amines is 1. The molecule has 0 fully saturated rings. The molecule has 5 rings (SSSR count). The van der Waals surface area contributed by atoms with E-state index in [1.807, 2.05) is 0 Å². The minimum absolute atomic E-state index is 0.0180. The average Bonchev–Trinajstić information content (AvgIpc) is 3.31. The molecule has 1 aromatic carbocycles. The number of anilines is 1. The van der Waals surface area contributed by atoms with Gasteiger partial charge in [-0.05, 0) is 17.3 Å². The van der Waals surface area contributed by atoms with Crippen molar-refractivity contribution < 1.29 is 14.0 Å². The second-order valence-electron chi connectivity index (χ2n) is 6.14. The van der Waals surface area contributed by atoms with Crippen LogP contribution < -0.4 is 22.0 Å². The Morgan fingerprint density at radius 2 is 1.90 bits per heavy atom. The van der Waals surface area contributed by atoms with Gasteiger partial charge in [-0.2, -0.15) is 5.21 Å². The molecule has 0 atom stereocenters. The lowest BCUT2D eigenvalue weighted by Crippen LogP contribution is -2.24. The van der Waals surface area contributed by atoms with Crippen molar-refractivity contribution in [1.29, 1.82) is 0 Å². The van der Waals surface area contributed by atoms with E-state index in [9.17, 15) is 19.2 Å². The van der Waals surface area contributed by atoms with E-state index in [4.69, 9.17) is 10.2 Å². The monoisotopic (exact) mass is 391 g/mol. The second-order valence-corrected chi connectivity index (χ2v) is 6.14. The molecular formula is C17H9N7O5. The maximum atomic E-state index is 12.7. The van der Waals surface area contributed by atoms with Crippen LogP contribution in [0.2, 0.25) is 0 Å². The lowest BCUT2D eigenvalue weighted by atomic mass is 10.1. The molecule has 12 heteroatoms. The Morgan fingerprint density at radius 3 is 2.66 bits per heavy atom. The lowest BCUT2D eigenvalue weighted by Gasteiger charge is -2.13. The summed E-state index contributed by atoms with van der Waals surface area (Å²) in [6.45, 7) is 0. The van der Waals surface area contributed by atoms with Crippen LogP contribution in [-0.4, -0.2) is 37.0 Å². The summed E-state index contributed by atoms with van der Waals surface area (Å²) in [6, 6.07) is 6.73. The summed E-state index contributed by atoms with van der Waals surface area (Å²) in [5.41, 5.74) is 4.90. The fourth-order valence-electron chi connectivity index (χ4n) is 3.24. The Hall–Kier alpha value is -4.61. The first-order valence-electron chi connectivity index (χ1n) is 8.18. The number of pyridine rings is 1. The van der Waals surface area contributed by atoms with E-state index < -0.39 is 22.8 Å². The van der Waals surface area contributed by atoms with Crippen LogP contribution in [0.5, 0.6) is 0 Å². The number of imide groups is 1. The predicted molar refractivity (Wildman–Crippen MR) is 97.5 cm³/mol. The van der Waals surface area contributed by atoms with Crippen molar-refractivity contribution in [2.75, 3.05) is 5.73 Å². The van der Waals surface area contributed by atoms with Gasteiger partial charge in [-0.25, -0.2) is 0 Å². The first kappa shape index (κ1) is 16.6. The number of nitrogens with zero attached hydrogens (tertiary/aromatic N) is 4. The number of amides is 2. The highest BCUT2D eigenvalue weighted by Crippen LogP contribution is 2.28. The topological polar surface area (TPSA) is 179 Å². The number of carbonyl (C=O) groups is 2.